The van der Waals surface area contributed by atoms with E-state index in [0.717, 1.165) is 44.9 Å². The molecule has 1 rings (SSSR count). The lowest BCUT2D eigenvalue weighted by Gasteiger charge is -2.40. The van der Waals surface area contributed by atoms with Gasteiger partial charge in [0, 0.05) is 6.42 Å². The molecule has 10 heteroatoms. The van der Waals surface area contributed by atoms with Gasteiger partial charge in [0.1, 0.15) is 30.5 Å². The third-order valence-electron chi connectivity index (χ3n) is 11.3. The number of nitrogens with one attached hydrogen (secondary N) is 1. The molecule has 0 aromatic rings. The van der Waals surface area contributed by atoms with Gasteiger partial charge in [-0.3, -0.25) is 4.79 Å². The van der Waals surface area contributed by atoms with Crippen LogP contribution in [0.4, 0.5) is 0 Å². The third kappa shape index (κ3) is 25.4. The molecule has 0 saturated carbocycles. The van der Waals surface area contributed by atoms with Crippen LogP contribution in [-0.4, -0.2) is 98.7 Å². The average Bonchev–Trinajstić information content (AvgIpc) is 3.17. The van der Waals surface area contributed by atoms with E-state index >= 15 is 0 Å². The van der Waals surface area contributed by atoms with Crippen LogP contribution in [-0.2, 0) is 14.3 Å². The molecule has 0 spiro atoms. The second kappa shape index (κ2) is 35.3. The van der Waals surface area contributed by atoms with Crippen LogP contribution in [0.25, 0.3) is 0 Å². The number of carbonyl (C=O) groups excluding carboxylic acids is 1. The van der Waals surface area contributed by atoms with Crippen molar-refractivity contribution < 1.29 is 44.9 Å². The Balaban J connectivity index is 2.32. The van der Waals surface area contributed by atoms with Crippen LogP contribution in [0.1, 0.15) is 213 Å². The Labute approximate surface area is 330 Å². The van der Waals surface area contributed by atoms with E-state index in [0.29, 0.717) is 6.42 Å². The van der Waals surface area contributed by atoms with E-state index in [1.54, 1.807) is 0 Å². The van der Waals surface area contributed by atoms with Crippen molar-refractivity contribution in [2.75, 3.05) is 13.2 Å². The average molecular weight is 774 g/mol. The maximum Gasteiger partial charge on any atom is 0.220 e. The third-order valence-corrected chi connectivity index (χ3v) is 11.3. The molecule has 54 heavy (non-hydrogen) atoms. The van der Waals surface area contributed by atoms with Gasteiger partial charge in [-0.15, -0.1) is 0 Å². The summed E-state index contributed by atoms with van der Waals surface area (Å²) in [6, 6.07) is -0.983. The summed E-state index contributed by atoms with van der Waals surface area (Å²) in [4.78, 5) is 13.0. The zero-order chi connectivity index (χ0) is 39.7. The smallest absolute Gasteiger partial charge is 0.220 e. The van der Waals surface area contributed by atoms with Crippen LogP contribution in [0.3, 0.4) is 0 Å². The zero-order valence-electron chi connectivity index (χ0n) is 34.9. The van der Waals surface area contributed by atoms with Crippen molar-refractivity contribution >= 4 is 5.91 Å². The fourth-order valence-corrected chi connectivity index (χ4v) is 7.55. The Morgan fingerprint density at radius 3 is 1.37 bits per heavy atom. The molecule has 8 atom stereocenters. The maximum atomic E-state index is 13.0. The van der Waals surface area contributed by atoms with Crippen LogP contribution in [0.15, 0.2) is 0 Å². The number of aliphatic hydroxyl groups excluding tert-OH is 6. The largest absolute Gasteiger partial charge is 0.394 e. The molecular formula is C44H87NO9. The van der Waals surface area contributed by atoms with Crippen molar-refractivity contribution in [1.82, 2.24) is 5.32 Å². The van der Waals surface area contributed by atoms with Crippen LogP contribution in [0.2, 0.25) is 0 Å². The van der Waals surface area contributed by atoms with Gasteiger partial charge >= 0.3 is 0 Å². The summed E-state index contributed by atoms with van der Waals surface area (Å²) in [7, 11) is 0. The Hall–Kier alpha value is -0.850. The lowest BCUT2D eigenvalue weighted by atomic mass is 9.98. The predicted molar refractivity (Wildman–Crippen MR) is 218 cm³/mol. The van der Waals surface area contributed by atoms with Crippen molar-refractivity contribution in [2.45, 2.75) is 262 Å². The van der Waals surface area contributed by atoms with Gasteiger partial charge in [-0.05, 0) is 12.8 Å². The molecule has 10 nitrogen and oxygen atoms in total. The van der Waals surface area contributed by atoms with E-state index in [4.69, 9.17) is 9.47 Å². The highest BCUT2D eigenvalue weighted by molar-refractivity contribution is 5.76. The lowest BCUT2D eigenvalue weighted by Crippen LogP contribution is -2.60. The standard InChI is InChI=1S/C44H87NO9/c1-3-5-7-9-11-13-14-15-16-17-18-19-20-21-22-23-25-27-29-31-33-39(48)45-36(35-53-44-43(52)42(51)41(50)38(34-46)54-44)40(49)37(47)32-30-28-26-24-12-10-8-6-4-2/h36-38,40-44,46-47,49-52H,3-35H2,1-2H3,(H,45,48)/t36-,37+,38+,40-,41-,42?,43?,44+/m0/s1. The molecular weight excluding hydrogens is 686 g/mol. The topological polar surface area (TPSA) is 169 Å². The van der Waals surface area contributed by atoms with Gasteiger partial charge < -0.3 is 45.4 Å². The van der Waals surface area contributed by atoms with Gasteiger partial charge in [0.05, 0.1) is 25.4 Å². The minimum Gasteiger partial charge on any atom is -0.394 e. The van der Waals surface area contributed by atoms with E-state index in [2.05, 4.69) is 19.2 Å². The molecule has 1 amide bonds. The van der Waals surface area contributed by atoms with Crippen LogP contribution in [0.5, 0.6) is 0 Å². The number of hydrogen-bond acceptors (Lipinski definition) is 9. The van der Waals surface area contributed by atoms with E-state index in [1.807, 2.05) is 0 Å². The molecule has 0 aromatic heterocycles. The van der Waals surface area contributed by atoms with Crippen molar-refractivity contribution in [2.24, 2.45) is 0 Å². The van der Waals surface area contributed by atoms with E-state index in [9.17, 15) is 35.4 Å². The summed E-state index contributed by atoms with van der Waals surface area (Å²) < 4.78 is 11.1. The van der Waals surface area contributed by atoms with Gasteiger partial charge in [-0.25, -0.2) is 0 Å². The first-order valence-electron chi connectivity index (χ1n) is 22.8. The second-order valence-corrected chi connectivity index (χ2v) is 16.3. The summed E-state index contributed by atoms with van der Waals surface area (Å²) in [5, 5.41) is 64.9. The number of rotatable bonds is 38. The van der Waals surface area contributed by atoms with E-state index < -0.39 is 55.6 Å². The molecule has 1 saturated heterocycles. The first-order valence-corrected chi connectivity index (χ1v) is 22.8. The molecule has 0 aromatic carbocycles. The van der Waals surface area contributed by atoms with Gasteiger partial charge in [-0.2, -0.15) is 0 Å². The van der Waals surface area contributed by atoms with E-state index in [1.165, 1.54) is 141 Å². The van der Waals surface area contributed by atoms with Crippen molar-refractivity contribution in [3.05, 3.63) is 0 Å². The zero-order valence-corrected chi connectivity index (χ0v) is 34.9. The maximum absolute atomic E-state index is 13.0. The minimum atomic E-state index is -1.60. The minimum absolute atomic E-state index is 0.255. The molecule has 1 aliphatic heterocycles. The van der Waals surface area contributed by atoms with E-state index in [-0.39, 0.29) is 18.9 Å². The number of hydrogen-bond donors (Lipinski definition) is 7. The van der Waals surface area contributed by atoms with Gasteiger partial charge in [0.2, 0.25) is 5.91 Å². The molecule has 322 valence electrons. The van der Waals surface area contributed by atoms with Crippen molar-refractivity contribution in [3.8, 4) is 0 Å². The summed E-state index contributed by atoms with van der Waals surface area (Å²) >= 11 is 0. The van der Waals surface area contributed by atoms with Crippen molar-refractivity contribution in [1.29, 1.82) is 0 Å². The van der Waals surface area contributed by atoms with Crippen molar-refractivity contribution in [3.63, 3.8) is 0 Å². The summed E-state index contributed by atoms with van der Waals surface area (Å²) in [6.07, 6.45) is 27.0. The first-order chi connectivity index (χ1) is 26.3. The Morgan fingerprint density at radius 2 is 0.963 bits per heavy atom. The lowest BCUT2D eigenvalue weighted by molar-refractivity contribution is -0.303. The van der Waals surface area contributed by atoms with Gasteiger partial charge in [0.25, 0.3) is 0 Å². The Morgan fingerprint density at radius 1 is 0.574 bits per heavy atom. The predicted octanol–water partition coefficient (Wildman–Crippen LogP) is 8.14. The van der Waals surface area contributed by atoms with Gasteiger partial charge in [-0.1, -0.05) is 194 Å². The highest BCUT2D eigenvalue weighted by Gasteiger charge is 2.44. The quantitative estimate of drug-likeness (QED) is 0.0306. The molecule has 0 bridgehead atoms. The van der Waals surface area contributed by atoms with Crippen LogP contribution in [0, 0.1) is 0 Å². The number of carbonyl (C=O) groups is 1. The molecule has 0 aliphatic carbocycles. The van der Waals surface area contributed by atoms with Gasteiger partial charge in [0.15, 0.2) is 6.29 Å². The van der Waals surface area contributed by atoms with Crippen LogP contribution < -0.4 is 5.32 Å². The highest BCUT2D eigenvalue weighted by Crippen LogP contribution is 2.23. The second-order valence-electron chi connectivity index (χ2n) is 16.3. The number of aliphatic hydroxyl groups is 6. The molecule has 1 heterocycles. The normalized spacial score (nSPS) is 22.0. The summed E-state index contributed by atoms with van der Waals surface area (Å²) in [6.45, 7) is 3.59. The summed E-state index contributed by atoms with van der Waals surface area (Å²) in [5.74, 6) is -0.255. The van der Waals surface area contributed by atoms with Crippen LogP contribution >= 0.6 is 0 Å². The molecule has 7 N–H and O–H groups in total. The number of ether oxygens (including phenoxy) is 2. The molecule has 0 radical (unpaired) electrons. The number of unbranched alkanes of at least 4 members (excludes halogenated alkanes) is 27. The SMILES string of the molecule is CCCCCCCCCCCCCCCCCCCCCCC(=O)N[C@@H](CO[C@@H]1O[C@H](CO)[C@H](O)C(O)C1O)[C@H](O)[C@H](O)CCCCCCCCCCC. The number of amides is 1. The first kappa shape index (κ1) is 51.2. The fourth-order valence-electron chi connectivity index (χ4n) is 7.55. The Bertz CT molecular complexity index is 834. The molecule has 2 unspecified atom stereocenters. The summed E-state index contributed by atoms with van der Waals surface area (Å²) in [5.41, 5.74) is 0. The monoisotopic (exact) mass is 774 g/mol. The Kier molecular flexibility index (Phi) is 33.5. The molecule has 1 aliphatic rings. The molecule has 1 fully saturated rings. The fraction of sp³-hybridized carbons (Fsp3) is 0.977. The highest BCUT2D eigenvalue weighted by atomic mass is 16.7.